The van der Waals surface area contributed by atoms with E-state index in [1.807, 2.05) is 11.0 Å². The number of H-pyrrole nitrogens is 1. The number of aromatic nitrogens is 2. The molecule has 0 bridgehead atoms. The van der Waals surface area contributed by atoms with Gasteiger partial charge >= 0.3 is 0 Å². The van der Waals surface area contributed by atoms with Gasteiger partial charge in [0.05, 0.1) is 17.9 Å². The third kappa shape index (κ3) is 5.07. The van der Waals surface area contributed by atoms with Crippen LogP contribution in [0.1, 0.15) is 37.6 Å². The Kier molecular flexibility index (Phi) is 6.45. The number of likely N-dealkylation sites (tertiary alicyclic amines) is 1. The number of carbonyl (C=O) groups excluding carboxylic acids is 1. The average Bonchev–Trinajstić information content (AvgIpc) is 3.35. The predicted molar refractivity (Wildman–Crippen MR) is 101 cm³/mol. The van der Waals surface area contributed by atoms with Crippen LogP contribution in [0.25, 0.3) is 0 Å². The number of rotatable bonds is 8. The molecule has 1 aromatic heterocycles. The van der Waals surface area contributed by atoms with Crippen molar-refractivity contribution >= 4 is 5.91 Å². The molecule has 27 heavy (non-hydrogen) atoms. The predicted octanol–water partition coefficient (Wildman–Crippen LogP) is 2.79. The van der Waals surface area contributed by atoms with Crippen LogP contribution in [0.2, 0.25) is 0 Å². The lowest BCUT2D eigenvalue weighted by Gasteiger charge is -2.22. The Labute approximate surface area is 159 Å². The second-order valence-corrected chi connectivity index (χ2v) is 6.85. The zero-order valence-corrected chi connectivity index (χ0v) is 15.9. The quantitative estimate of drug-likeness (QED) is 0.772. The summed E-state index contributed by atoms with van der Waals surface area (Å²) in [7, 11) is 0. The van der Waals surface area contributed by atoms with Crippen LogP contribution in [-0.2, 0) is 11.4 Å². The topological polar surface area (TPSA) is 61.5 Å². The van der Waals surface area contributed by atoms with E-state index in [4.69, 9.17) is 4.74 Å². The number of halogens is 1. The molecule has 1 saturated heterocycles. The molecule has 2 heterocycles. The number of hydrogen-bond donors (Lipinski definition) is 1. The fourth-order valence-electron chi connectivity index (χ4n) is 3.32. The first-order chi connectivity index (χ1) is 13.1. The summed E-state index contributed by atoms with van der Waals surface area (Å²) in [6.07, 6.45) is 0.924. The monoisotopic (exact) mass is 374 g/mol. The van der Waals surface area contributed by atoms with E-state index in [1.165, 1.54) is 12.1 Å². The van der Waals surface area contributed by atoms with Crippen molar-refractivity contribution in [1.82, 2.24) is 20.0 Å². The van der Waals surface area contributed by atoms with Gasteiger partial charge in [0.2, 0.25) is 5.91 Å². The van der Waals surface area contributed by atoms with Crippen LogP contribution in [0.15, 0.2) is 30.3 Å². The summed E-state index contributed by atoms with van der Waals surface area (Å²) in [6, 6.07) is 7.94. The van der Waals surface area contributed by atoms with E-state index >= 15 is 0 Å². The third-order valence-corrected chi connectivity index (χ3v) is 5.07. The van der Waals surface area contributed by atoms with Gasteiger partial charge in [0, 0.05) is 19.0 Å². The van der Waals surface area contributed by atoms with Gasteiger partial charge < -0.3 is 9.64 Å². The van der Waals surface area contributed by atoms with Gasteiger partial charge in [-0.3, -0.25) is 14.8 Å². The van der Waals surface area contributed by atoms with Crippen LogP contribution in [0, 0.1) is 5.82 Å². The molecule has 0 spiro atoms. The van der Waals surface area contributed by atoms with Gasteiger partial charge in [0.1, 0.15) is 18.2 Å². The average molecular weight is 374 g/mol. The molecular formula is C20H27FN4O2. The second-order valence-electron chi connectivity index (χ2n) is 6.85. The van der Waals surface area contributed by atoms with Crippen molar-refractivity contribution in [3.63, 3.8) is 0 Å². The number of likely N-dealkylation sites (N-methyl/N-ethyl adjacent to an activating group) is 1. The molecule has 1 atom stereocenters. The Morgan fingerprint density at radius 3 is 2.78 bits per heavy atom. The number of aromatic amines is 1. The first-order valence-corrected chi connectivity index (χ1v) is 9.51. The largest absolute Gasteiger partial charge is 0.487 e. The van der Waals surface area contributed by atoms with E-state index in [1.54, 1.807) is 12.1 Å². The van der Waals surface area contributed by atoms with Gasteiger partial charge in [0.25, 0.3) is 0 Å². The number of hydrogen-bond acceptors (Lipinski definition) is 4. The molecule has 1 aliphatic rings. The van der Waals surface area contributed by atoms with Crippen LogP contribution in [0.4, 0.5) is 4.39 Å². The van der Waals surface area contributed by atoms with Crippen molar-refractivity contribution in [2.75, 3.05) is 32.7 Å². The highest BCUT2D eigenvalue weighted by Gasteiger charge is 2.29. The SMILES string of the molecule is CCN(CC)CC(=O)N1CC[C@@H](c2cc(COc3ccc(F)cc3)[nH]n2)C1. The second kappa shape index (κ2) is 8.99. The van der Waals surface area contributed by atoms with Gasteiger partial charge in [0.15, 0.2) is 0 Å². The summed E-state index contributed by atoms with van der Waals surface area (Å²) in [5.41, 5.74) is 1.83. The Morgan fingerprint density at radius 2 is 2.07 bits per heavy atom. The number of amides is 1. The fourth-order valence-corrected chi connectivity index (χ4v) is 3.32. The zero-order chi connectivity index (χ0) is 19.2. The molecule has 1 N–H and O–H groups in total. The maximum atomic E-state index is 12.9. The molecule has 3 rings (SSSR count). The van der Waals surface area contributed by atoms with Crippen molar-refractivity contribution in [2.24, 2.45) is 0 Å². The first-order valence-electron chi connectivity index (χ1n) is 9.51. The third-order valence-electron chi connectivity index (χ3n) is 5.07. The Balaban J connectivity index is 1.51. The molecule has 1 fully saturated rings. The van der Waals surface area contributed by atoms with Crippen LogP contribution < -0.4 is 4.74 Å². The normalized spacial score (nSPS) is 16.9. The van der Waals surface area contributed by atoms with E-state index in [0.29, 0.717) is 25.4 Å². The van der Waals surface area contributed by atoms with E-state index in [0.717, 1.165) is 37.4 Å². The molecule has 0 saturated carbocycles. The van der Waals surface area contributed by atoms with E-state index in [9.17, 15) is 9.18 Å². The van der Waals surface area contributed by atoms with Gasteiger partial charge in [-0.25, -0.2) is 4.39 Å². The molecule has 2 aromatic rings. The van der Waals surface area contributed by atoms with Crippen LogP contribution in [0.3, 0.4) is 0 Å². The maximum Gasteiger partial charge on any atom is 0.236 e. The fraction of sp³-hybridized carbons (Fsp3) is 0.500. The smallest absolute Gasteiger partial charge is 0.236 e. The number of benzene rings is 1. The number of carbonyl (C=O) groups is 1. The zero-order valence-electron chi connectivity index (χ0n) is 15.9. The standard InChI is InChI=1S/C20H27FN4O2/c1-3-24(4-2)13-20(26)25-10-9-15(12-25)19-11-17(22-23-19)14-27-18-7-5-16(21)6-8-18/h5-8,11,15H,3-4,9-10,12-14H2,1-2H3,(H,22,23)/t15-/m1/s1. The molecule has 0 aliphatic carbocycles. The molecule has 6 nitrogen and oxygen atoms in total. The number of nitrogens with one attached hydrogen (secondary N) is 1. The molecule has 146 valence electrons. The minimum absolute atomic E-state index is 0.191. The molecule has 0 radical (unpaired) electrons. The highest BCUT2D eigenvalue weighted by molar-refractivity contribution is 5.78. The lowest BCUT2D eigenvalue weighted by Crippen LogP contribution is -2.39. The summed E-state index contributed by atoms with van der Waals surface area (Å²) in [4.78, 5) is 16.5. The van der Waals surface area contributed by atoms with Gasteiger partial charge in [-0.05, 0) is 49.8 Å². The molecular weight excluding hydrogens is 347 g/mol. The lowest BCUT2D eigenvalue weighted by atomic mass is 10.1. The van der Waals surface area contributed by atoms with Crippen LogP contribution in [-0.4, -0.2) is 58.6 Å². The summed E-state index contributed by atoms with van der Waals surface area (Å²) >= 11 is 0. The lowest BCUT2D eigenvalue weighted by molar-refractivity contribution is -0.131. The summed E-state index contributed by atoms with van der Waals surface area (Å²) < 4.78 is 18.6. The molecule has 0 unspecified atom stereocenters. The maximum absolute atomic E-state index is 12.9. The molecule has 1 amide bonds. The van der Waals surface area contributed by atoms with E-state index < -0.39 is 0 Å². The van der Waals surface area contributed by atoms with Crippen molar-refractivity contribution in [2.45, 2.75) is 32.8 Å². The summed E-state index contributed by atoms with van der Waals surface area (Å²) in [5, 5.41) is 7.40. The van der Waals surface area contributed by atoms with Gasteiger partial charge in [-0.1, -0.05) is 13.8 Å². The van der Waals surface area contributed by atoms with Crippen molar-refractivity contribution in [3.05, 3.63) is 47.5 Å². The highest BCUT2D eigenvalue weighted by atomic mass is 19.1. The van der Waals surface area contributed by atoms with Gasteiger partial charge in [-0.2, -0.15) is 5.10 Å². The molecule has 1 aromatic carbocycles. The Morgan fingerprint density at radius 1 is 1.33 bits per heavy atom. The van der Waals surface area contributed by atoms with E-state index in [2.05, 4.69) is 28.9 Å². The minimum Gasteiger partial charge on any atom is -0.487 e. The van der Waals surface area contributed by atoms with Crippen molar-refractivity contribution < 1.29 is 13.9 Å². The Bertz CT molecular complexity index is 743. The Hall–Kier alpha value is -2.41. The summed E-state index contributed by atoms with van der Waals surface area (Å²) in [5.74, 6) is 0.771. The number of ether oxygens (including phenoxy) is 1. The van der Waals surface area contributed by atoms with Crippen molar-refractivity contribution in [1.29, 1.82) is 0 Å². The van der Waals surface area contributed by atoms with Crippen LogP contribution in [0.5, 0.6) is 5.75 Å². The van der Waals surface area contributed by atoms with E-state index in [-0.39, 0.29) is 17.6 Å². The molecule has 1 aliphatic heterocycles. The van der Waals surface area contributed by atoms with Crippen molar-refractivity contribution in [3.8, 4) is 5.75 Å². The minimum atomic E-state index is -0.285. The highest BCUT2D eigenvalue weighted by Crippen LogP contribution is 2.26. The van der Waals surface area contributed by atoms with Crippen LogP contribution >= 0.6 is 0 Å². The molecule has 7 heteroatoms. The summed E-state index contributed by atoms with van der Waals surface area (Å²) in [6.45, 7) is 8.23. The van der Waals surface area contributed by atoms with Gasteiger partial charge in [-0.15, -0.1) is 0 Å². The first kappa shape index (κ1) is 19.4. The number of nitrogens with zero attached hydrogens (tertiary/aromatic N) is 3.